The van der Waals surface area contributed by atoms with Crippen LogP contribution in [0.5, 0.6) is 0 Å². The summed E-state index contributed by atoms with van der Waals surface area (Å²) in [5, 5.41) is 0. The molecule has 0 spiro atoms. The summed E-state index contributed by atoms with van der Waals surface area (Å²) in [5.74, 6) is -0.311. The lowest BCUT2D eigenvalue weighted by Crippen LogP contribution is -2.53. The van der Waals surface area contributed by atoms with Crippen molar-refractivity contribution in [3.63, 3.8) is 0 Å². The van der Waals surface area contributed by atoms with E-state index in [1.165, 1.54) is 10.5 Å². The molecule has 4 heteroatoms. The summed E-state index contributed by atoms with van der Waals surface area (Å²) in [6.07, 6.45) is 1.03. The zero-order chi connectivity index (χ0) is 15.8. The molecule has 2 heterocycles. The van der Waals surface area contributed by atoms with Gasteiger partial charge in [0.05, 0.1) is 11.1 Å². The van der Waals surface area contributed by atoms with E-state index in [2.05, 4.69) is 17.0 Å². The van der Waals surface area contributed by atoms with E-state index in [-0.39, 0.29) is 17.9 Å². The molecule has 1 unspecified atom stereocenters. The molecule has 2 aliphatic heterocycles. The van der Waals surface area contributed by atoms with Crippen molar-refractivity contribution in [1.29, 1.82) is 0 Å². The third kappa shape index (κ3) is 2.45. The molecule has 2 aromatic rings. The lowest BCUT2D eigenvalue weighted by molar-refractivity contribution is 0.0385. The molecule has 4 nitrogen and oxygen atoms in total. The van der Waals surface area contributed by atoms with Gasteiger partial charge in [0.1, 0.15) is 0 Å². The lowest BCUT2D eigenvalue weighted by Gasteiger charge is -2.42. The molecule has 116 valence electrons. The quantitative estimate of drug-likeness (QED) is 0.815. The van der Waals surface area contributed by atoms with Crippen LogP contribution >= 0.6 is 0 Å². The Hall–Kier alpha value is -2.46. The Balaban J connectivity index is 1.45. The molecule has 4 rings (SSSR count). The number of hydrogen-bond acceptors (Lipinski definition) is 3. The van der Waals surface area contributed by atoms with Crippen LogP contribution in [0, 0.1) is 0 Å². The molecule has 0 bridgehead atoms. The normalized spacial score (nSPS) is 20.5. The average Bonchev–Trinajstić information content (AvgIpc) is 2.82. The van der Waals surface area contributed by atoms with E-state index in [1.807, 2.05) is 18.2 Å². The molecule has 0 radical (unpaired) electrons. The summed E-state index contributed by atoms with van der Waals surface area (Å²) in [6, 6.07) is 17.6. The first-order valence-electron chi connectivity index (χ1n) is 7.97. The maximum absolute atomic E-state index is 12.4. The van der Waals surface area contributed by atoms with Crippen LogP contribution in [0.1, 0.15) is 32.7 Å². The van der Waals surface area contributed by atoms with E-state index in [1.54, 1.807) is 24.3 Å². The second-order valence-corrected chi connectivity index (χ2v) is 6.17. The van der Waals surface area contributed by atoms with E-state index in [0.717, 1.165) is 19.5 Å². The SMILES string of the molecule is O=C1c2ccccc2C(=O)N1CC1CCN1Cc1ccccc1. The Kier molecular flexibility index (Phi) is 3.46. The topological polar surface area (TPSA) is 40.6 Å². The van der Waals surface area contributed by atoms with Gasteiger partial charge in [-0.3, -0.25) is 19.4 Å². The van der Waals surface area contributed by atoms with Crippen LogP contribution in [-0.4, -0.2) is 40.7 Å². The molecular weight excluding hydrogens is 288 g/mol. The molecule has 2 amide bonds. The Labute approximate surface area is 135 Å². The number of rotatable bonds is 4. The first-order valence-corrected chi connectivity index (χ1v) is 7.97. The Bertz CT molecular complexity index is 722. The Morgan fingerprint density at radius 1 is 0.870 bits per heavy atom. The van der Waals surface area contributed by atoms with Crippen molar-refractivity contribution in [3.8, 4) is 0 Å². The molecular formula is C19H18N2O2. The Morgan fingerprint density at radius 3 is 2.04 bits per heavy atom. The summed E-state index contributed by atoms with van der Waals surface area (Å²) >= 11 is 0. The molecule has 0 aromatic heterocycles. The van der Waals surface area contributed by atoms with E-state index in [9.17, 15) is 9.59 Å². The fourth-order valence-electron chi connectivity index (χ4n) is 3.34. The largest absolute Gasteiger partial charge is 0.294 e. The van der Waals surface area contributed by atoms with Gasteiger partial charge in [-0.15, -0.1) is 0 Å². The van der Waals surface area contributed by atoms with Gasteiger partial charge < -0.3 is 0 Å². The molecule has 23 heavy (non-hydrogen) atoms. The second-order valence-electron chi connectivity index (χ2n) is 6.17. The van der Waals surface area contributed by atoms with E-state index in [0.29, 0.717) is 17.7 Å². The van der Waals surface area contributed by atoms with Gasteiger partial charge in [-0.05, 0) is 24.1 Å². The molecule has 0 N–H and O–H groups in total. The average molecular weight is 306 g/mol. The molecule has 0 aliphatic carbocycles. The zero-order valence-electron chi connectivity index (χ0n) is 12.8. The highest BCUT2D eigenvalue weighted by atomic mass is 16.2. The monoisotopic (exact) mass is 306 g/mol. The van der Waals surface area contributed by atoms with Crippen molar-refractivity contribution in [2.75, 3.05) is 13.1 Å². The molecule has 2 aliphatic rings. The number of fused-ring (bicyclic) bond motifs is 1. The van der Waals surface area contributed by atoms with Crippen molar-refractivity contribution in [2.24, 2.45) is 0 Å². The molecule has 1 saturated heterocycles. The minimum Gasteiger partial charge on any atom is -0.294 e. The van der Waals surface area contributed by atoms with Gasteiger partial charge in [-0.1, -0.05) is 42.5 Å². The lowest BCUT2D eigenvalue weighted by atomic mass is 10.0. The molecule has 1 atom stereocenters. The minimum absolute atomic E-state index is 0.155. The fraction of sp³-hybridized carbons (Fsp3) is 0.263. The highest BCUT2D eigenvalue weighted by Gasteiger charge is 2.39. The number of imide groups is 1. The number of amides is 2. The third-order valence-corrected chi connectivity index (χ3v) is 4.77. The summed E-state index contributed by atoms with van der Waals surface area (Å²) in [4.78, 5) is 28.6. The zero-order valence-corrected chi connectivity index (χ0v) is 12.8. The predicted octanol–water partition coefficient (Wildman–Crippen LogP) is 2.56. The highest BCUT2D eigenvalue weighted by Crippen LogP contribution is 2.27. The van der Waals surface area contributed by atoms with Crippen molar-refractivity contribution in [2.45, 2.75) is 19.0 Å². The highest BCUT2D eigenvalue weighted by molar-refractivity contribution is 6.21. The van der Waals surface area contributed by atoms with Crippen molar-refractivity contribution in [3.05, 3.63) is 71.3 Å². The number of hydrogen-bond donors (Lipinski definition) is 0. The fourth-order valence-corrected chi connectivity index (χ4v) is 3.34. The van der Waals surface area contributed by atoms with Crippen LogP contribution in [0.25, 0.3) is 0 Å². The van der Waals surface area contributed by atoms with Gasteiger partial charge in [0, 0.05) is 25.7 Å². The van der Waals surface area contributed by atoms with Crippen LogP contribution in [0.15, 0.2) is 54.6 Å². The summed E-state index contributed by atoms with van der Waals surface area (Å²) < 4.78 is 0. The maximum atomic E-state index is 12.4. The van der Waals surface area contributed by atoms with Gasteiger partial charge in [-0.2, -0.15) is 0 Å². The standard InChI is InChI=1S/C19H18N2O2/c22-18-16-8-4-5-9-17(16)19(23)21(18)13-15-10-11-20(15)12-14-6-2-1-3-7-14/h1-9,15H,10-13H2. The van der Waals surface area contributed by atoms with Crippen molar-refractivity contribution in [1.82, 2.24) is 9.80 Å². The van der Waals surface area contributed by atoms with Gasteiger partial charge in [0.15, 0.2) is 0 Å². The molecule has 1 fully saturated rings. The van der Waals surface area contributed by atoms with Crippen molar-refractivity contribution < 1.29 is 9.59 Å². The van der Waals surface area contributed by atoms with Gasteiger partial charge >= 0.3 is 0 Å². The predicted molar refractivity (Wildman–Crippen MR) is 87.1 cm³/mol. The second kappa shape index (κ2) is 5.63. The molecule has 2 aromatic carbocycles. The summed E-state index contributed by atoms with van der Waals surface area (Å²) in [6.45, 7) is 2.37. The maximum Gasteiger partial charge on any atom is 0.261 e. The van der Waals surface area contributed by atoms with E-state index < -0.39 is 0 Å². The smallest absolute Gasteiger partial charge is 0.261 e. The number of carbonyl (C=O) groups excluding carboxylic acids is 2. The number of likely N-dealkylation sites (tertiary alicyclic amines) is 1. The number of nitrogens with zero attached hydrogens (tertiary/aromatic N) is 2. The van der Waals surface area contributed by atoms with E-state index in [4.69, 9.17) is 0 Å². The first kappa shape index (κ1) is 14.2. The number of benzene rings is 2. The summed E-state index contributed by atoms with van der Waals surface area (Å²) in [5.41, 5.74) is 2.33. The van der Waals surface area contributed by atoms with Gasteiger partial charge in [0.2, 0.25) is 0 Å². The third-order valence-electron chi connectivity index (χ3n) is 4.77. The Morgan fingerprint density at radius 2 is 1.48 bits per heavy atom. The van der Waals surface area contributed by atoms with Crippen LogP contribution in [0.2, 0.25) is 0 Å². The summed E-state index contributed by atoms with van der Waals surface area (Å²) in [7, 11) is 0. The number of carbonyl (C=O) groups is 2. The minimum atomic E-state index is -0.155. The molecule has 0 saturated carbocycles. The first-order chi connectivity index (χ1) is 11.2. The van der Waals surface area contributed by atoms with E-state index >= 15 is 0 Å². The van der Waals surface area contributed by atoms with Crippen LogP contribution in [-0.2, 0) is 6.54 Å². The van der Waals surface area contributed by atoms with Crippen LogP contribution in [0.3, 0.4) is 0 Å². The van der Waals surface area contributed by atoms with Crippen LogP contribution < -0.4 is 0 Å². The van der Waals surface area contributed by atoms with Crippen LogP contribution in [0.4, 0.5) is 0 Å². The van der Waals surface area contributed by atoms with Crippen molar-refractivity contribution >= 4 is 11.8 Å². The van der Waals surface area contributed by atoms with Gasteiger partial charge in [-0.25, -0.2) is 0 Å². The van der Waals surface area contributed by atoms with Gasteiger partial charge in [0.25, 0.3) is 11.8 Å².